The number of thioether (sulfide) groups is 1. The second-order valence-electron chi connectivity index (χ2n) is 5.77. The molecule has 0 saturated carbocycles. The van der Waals surface area contributed by atoms with Crippen molar-refractivity contribution < 1.29 is 9.90 Å². The fourth-order valence-corrected chi connectivity index (χ4v) is 2.52. The van der Waals surface area contributed by atoms with Gasteiger partial charge in [-0.15, -0.1) is 0 Å². The second-order valence-corrected chi connectivity index (χ2v) is 6.79. The Hall–Kier alpha value is -2.85. The van der Waals surface area contributed by atoms with Gasteiger partial charge in [0.15, 0.2) is 11.0 Å². The third-order valence-corrected chi connectivity index (χ3v) is 4.12. The van der Waals surface area contributed by atoms with Crippen molar-refractivity contribution in [2.45, 2.75) is 5.75 Å². The molecule has 1 aromatic heterocycles. The fraction of sp³-hybridized carbons (Fsp3) is 0.294. The summed E-state index contributed by atoms with van der Waals surface area (Å²) in [5.74, 6) is 1.52. The maximum atomic E-state index is 11.7. The Kier molecular flexibility index (Phi) is 7.38. The summed E-state index contributed by atoms with van der Waals surface area (Å²) in [6.45, 7) is 0.350. The van der Waals surface area contributed by atoms with Crippen LogP contribution in [-0.2, 0) is 5.75 Å². The van der Waals surface area contributed by atoms with Crippen molar-refractivity contribution in [1.82, 2.24) is 14.9 Å². The molecule has 2 amide bonds. The summed E-state index contributed by atoms with van der Waals surface area (Å²) in [7, 11) is 3.34. The number of amides is 2. The molecule has 0 fully saturated rings. The molecular formula is C17H23N7O2S. The first-order valence-electron chi connectivity index (χ1n) is 8.17. The number of nitrogens with two attached hydrogens (primary N) is 1. The van der Waals surface area contributed by atoms with Crippen molar-refractivity contribution in [3.05, 3.63) is 36.0 Å². The molecule has 27 heavy (non-hydrogen) atoms. The summed E-state index contributed by atoms with van der Waals surface area (Å²) in [4.78, 5) is 22.2. The summed E-state index contributed by atoms with van der Waals surface area (Å²) in [6, 6.07) is 8.74. The van der Waals surface area contributed by atoms with Gasteiger partial charge in [0, 0.05) is 43.7 Å². The minimum Gasteiger partial charge on any atom is -0.395 e. The number of nitrogens with one attached hydrogen (secondary N) is 3. The molecule has 0 saturated heterocycles. The van der Waals surface area contributed by atoms with Gasteiger partial charge >= 0.3 is 6.03 Å². The smallest absolute Gasteiger partial charge is 0.321 e. The molecule has 9 nitrogen and oxygen atoms in total. The van der Waals surface area contributed by atoms with E-state index in [2.05, 4.69) is 20.6 Å². The molecule has 2 rings (SSSR count). The zero-order valence-corrected chi connectivity index (χ0v) is 16.0. The van der Waals surface area contributed by atoms with E-state index in [1.54, 1.807) is 32.3 Å². The van der Waals surface area contributed by atoms with Gasteiger partial charge in [-0.1, -0.05) is 11.8 Å². The summed E-state index contributed by atoms with van der Waals surface area (Å²) < 4.78 is 0. The van der Waals surface area contributed by atoms with Crippen LogP contribution in [0.15, 0.2) is 30.3 Å². The number of carbonyl (C=O) groups excluding carboxylic acids is 1. The monoisotopic (exact) mass is 389 g/mol. The van der Waals surface area contributed by atoms with Crippen LogP contribution in [-0.4, -0.2) is 58.4 Å². The largest absolute Gasteiger partial charge is 0.395 e. The Bertz CT molecular complexity index is 796. The van der Waals surface area contributed by atoms with Crippen LogP contribution in [0.4, 0.5) is 16.3 Å². The predicted octanol–water partition coefficient (Wildman–Crippen LogP) is 1.77. The summed E-state index contributed by atoms with van der Waals surface area (Å²) in [6.07, 6.45) is 0. The van der Waals surface area contributed by atoms with Crippen LogP contribution in [0.5, 0.6) is 0 Å². The Morgan fingerprint density at radius 1 is 1.30 bits per heavy atom. The number of hydrogen-bond acceptors (Lipinski definition) is 7. The van der Waals surface area contributed by atoms with Crippen molar-refractivity contribution in [3.63, 3.8) is 0 Å². The minimum atomic E-state index is -0.210. The molecule has 1 heterocycles. The van der Waals surface area contributed by atoms with Crippen molar-refractivity contribution in [2.24, 2.45) is 5.73 Å². The zero-order valence-electron chi connectivity index (χ0n) is 15.2. The number of aromatic nitrogens is 2. The van der Waals surface area contributed by atoms with Gasteiger partial charge in [0.2, 0.25) is 0 Å². The Labute approximate surface area is 161 Å². The number of amidine groups is 1. The average Bonchev–Trinajstić information content (AvgIpc) is 2.65. The second kappa shape index (κ2) is 9.74. The quantitative estimate of drug-likeness (QED) is 0.359. The van der Waals surface area contributed by atoms with Crippen LogP contribution in [0.2, 0.25) is 0 Å². The molecule has 0 radical (unpaired) electrons. The van der Waals surface area contributed by atoms with E-state index in [0.29, 0.717) is 35.3 Å². The number of nitrogens with zero attached hydrogens (tertiary/aromatic N) is 3. The van der Waals surface area contributed by atoms with Crippen LogP contribution in [0, 0.1) is 5.41 Å². The first-order valence-corrected chi connectivity index (χ1v) is 9.16. The number of hydrogen-bond donors (Lipinski definition) is 5. The Balaban J connectivity index is 2.25. The minimum absolute atomic E-state index is 0.0148. The number of anilines is 2. The molecule has 6 N–H and O–H groups in total. The van der Waals surface area contributed by atoms with Crippen molar-refractivity contribution in [1.29, 1.82) is 5.41 Å². The van der Waals surface area contributed by atoms with Crippen LogP contribution in [0.1, 0.15) is 5.69 Å². The lowest BCUT2D eigenvalue weighted by molar-refractivity contribution is 0.230. The molecule has 0 spiro atoms. The average molecular weight is 389 g/mol. The predicted molar refractivity (Wildman–Crippen MR) is 109 cm³/mol. The Morgan fingerprint density at radius 2 is 2.00 bits per heavy atom. The van der Waals surface area contributed by atoms with E-state index in [1.807, 2.05) is 12.1 Å². The van der Waals surface area contributed by atoms with Crippen LogP contribution < -0.4 is 16.4 Å². The summed E-state index contributed by atoms with van der Waals surface area (Å²) >= 11 is 1.17. The maximum Gasteiger partial charge on any atom is 0.321 e. The van der Waals surface area contributed by atoms with Crippen molar-refractivity contribution in [2.75, 3.05) is 37.9 Å². The topological polar surface area (TPSA) is 140 Å². The lowest BCUT2D eigenvalue weighted by Crippen LogP contribution is -2.27. The van der Waals surface area contributed by atoms with Gasteiger partial charge in [-0.3, -0.25) is 5.41 Å². The van der Waals surface area contributed by atoms with Crippen LogP contribution in [0.3, 0.4) is 0 Å². The summed E-state index contributed by atoms with van der Waals surface area (Å²) in [5, 5.41) is 22.2. The fourth-order valence-electron chi connectivity index (χ4n) is 2.06. The standard InChI is InChI=1S/C17H23N7O2S/c1-24(2)17(26)22-12-5-3-11(4-6-12)15-21-13(10-27-16(18)19)9-14(23-15)20-7-8-25/h3-6,9,25H,7-8,10H2,1-2H3,(H3,18,19)(H,22,26)(H,20,21,23). The molecule has 0 bridgehead atoms. The van der Waals surface area contributed by atoms with Crippen LogP contribution in [0.25, 0.3) is 11.4 Å². The Morgan fingerprint density at radius 3 is 2.59 bits per heavy atom. The molecule has 10 heteroatoms. The molecule has 1 aromatic carbocycles. The first kappa shape index (κ1) is 20.5. The molecule has 0 aliphatic rings. The van der Waals surface area contributed by atoms with E-state index in [4.69, 9.17) is 16.2 Å². The molecule has 2 aromatic rings. The third kappa shape index (κ3) is 6.42. The number of aliphatic hydroxyl groups excluding tert-OH is 1. The number of carbonyl (C=O) groups is 1. The van der Waals surface area contributed by atoms with E-state index in [1.165, 1.54) is 16.7 Å². The van der Waals surface area contributed by atoms with Gasteiger partial charge in [-0.25, -0.2) is 14.8 Å². The van der Waals surface area contributed by atoms with Gasteiger partial charge in [-0.05, 0) is 24.3 Å². The third-order valence-electron chi connectivity index (χ3n) is 3.37. The molecule has 0 unspecified atom stereocenters. The van der Waals surface area contributed by atoms with Gasteiger partial charge in [0.05, 0.1) is 12.3 Å². The molecule has 0 aliphatic carbocycles. The van der Waals surface area contributed by atoms with E-state index in [-0.39, 0.29) is 17.8 Å². The molecule has 0 atom stereocenters. The maximum absolute atomic E-state index is 11.7. The highest BCUT2D eigenvalue weighted by molar-refractivity contribution is 8.13. The van der Waals surface area contributed by atoms with Crippen LogP contribution >= 0.6 is 11.8 Å². The molecule has 0 aliphatic heterocycles. The lowest BCUT2D eigenvalue weighted by atomic mass is 10.2. The highest BCUT2D eigenvalue weighted by Crippen LogP contribution is 2.22. The van der Waals surface area contributed by atoms with E-state index in [0.717, 1.165) is 5.56 Å². The number of aliphatic hydroxyl groups is 1. The molecular weight excluding hydrogens is 366 g/mol. The van der Waals surface area contributed by atoms with Gasteiger partial charge in [0.1, 0.15) is 5.82 Å². The van der Waals surface area contributed by atoms with Gasteiger partial charge < -0.3 is 26.4 Å². The van der Waals surface area contributed by atoms with E-state index >= 15 is 0 Å². The molecule has 144 valence electrons. The van der Waals surface area contributed by atoms with Gasteiger partial charge in [0.25, 0.3) is 0 Å². The normalized spacial score (nSPS) is 10.3. The highest BCUT2D eigenvalue weighted by Gasteiger charge is 2.09. The van der Waals surface area contributed by atoms with Gasteiger partial charge in [-0.2, -0.15) is 0 Å². The van der Waals surface area contributed by atoms with Crippen molar-refractivity contribution in [3.8, 4) is 11.4 Å². The highest BCUT2D eigenvalue weighted by atomic mass is 32.2. The number of rotatable bonds is 7. The number of benzene rings is 1. The van der Waals surface area contributed by atoms with E-state index in [9.17, 15) is 4.79 Å². The number of urea groups is 1. The van der Waals surface area contributed by atoms with E-state index < -0.39 is 0 Å². The lowest BCUT2D eigenvalue weighted by Gasteiger charge is -2.12. The van der Waals surface area contributed by atoms with Crippen molar-refractivity contribution >= 4 is 34.5 Å². The SMILES string of the molecule is CN(C)C(=O)Nc1ccc(-c2nc(CSC(=N)N)cc(NCCO)n2)cc1. The first-order chi connectivity index (χ1) is 12.9. The summed E-state index contributed by atoms with van der Waals surface area (Å²) in [5.41, 5.74) is 7.56. The zero-order chi connectivity index (χ0) is 19.8.